The Morgan fingerprint density at radius 2 is 1.95 bits per heavy atom. The van der Waals surface area contributed by atoms with Crippen LogP contribution < -0.4 is 11.3 Å². The van der Waals surface area contributed by atoms with E-state index in [0.29, 0.717) is 0 Å². The van der Waals surface area contributed by atoms with Crippen LogP contribution in [0.2, 0.25) is 0 Å². The molecule has 3 rings (SSSR count). The van der Waals surface area contributed by atoms with Crippen LogP contribution in [0.5, 0.6) is 0 Å². The van der Waals surface area contributed by atoms with Crippen molar-refractivity contribution in [3.63, 3.8) is 0 Å². The fourth-order valence-electron chi connectivity index (χ4n) is 2.47. The van der Waals surface area contributed by atoms with Gasteiger partial charge in [-0.15, -0.1) is 0 Å². The van der Waals surface area contributed by atoms with Gasteiger partial charge in [0.15, 0.2) is 0 Å². The van der Waals surface area contributed by atoms with E-state index in [2.05, 4.69) is 27.5 Å². The van der Waals surface area contributed by atoms with Gasteiger partial charge in [-0.05, 0) is 35.6 Å². The number of pyridine rings is 2. The normalized spacial score (nSPS) is 12.5. The molecule has 1 unspecified atom stereocenters. The van der Waals surface area contributed by atoms with Crippen LogP contribution in [0.4, 0.5) is 0 Å². The lowest BCUT2D eigenvalue weighted by molar-refractivity contribution is 0.620. The quantitative estimate of drug-likeness (QED) is 0.563. The number of nitrogens with zero attached hydrogens (tertiary/aromatic N) is 2. The third-order valence-electron chi connectivity index (χ3n) is 3.54. The predicted octanol–water partition coefficient (Wildman–Crippen LogP) is 2.49. The molecule has 0 fully saturated rings. The van der Waals surface area contributed by atoms with Gasteiger partial charge in [0.25, 0.3) is 0 Å². The highest BCUT2D eigenvalue weighted by Crippen LogP contribution is 2.27. The highest BCUT2D eigenvalue weighted by Gasteiger charge is 2.18. The zero-order chi connectivity index (χ0) is 13.9. The number of benzene rings is 1. The second kappa shape index (κ2) is 5.36. The van der Waals surface area contributed by atoms with E-state index < -0.39 is 0 Å². The van der Waals surface area contributed by atoms with Crippen molar-refractivity contribution in [1.29, 1.82) is 0 Å². The topological polar surface area (TPSA) is 63.8 Å². The van der Waals surface area contributed by atoms with Gasteiger partial charge in [-0.3, -0.25) is 15.8 Å². The number of nitrogens with one attached hydrogen (secondary N) is 1. The number of hydrogen-bond acceptors (Lipinski definition) is 4. The predicted molar refractivity (Wildman–Crippen MR) is 79.9 cm³/mol. The van der Waals surface area contributed by atoms with Crippen LogP contribution in [0.25, 0.3) is 10.8 Å². The number of hydrogen-bond donors (Lipinski definition) is 2. The molecule has 0 aliphatic heterocycles. The summed E-state index contributed by atoms with van der Waals surface area (Å²) in [5, 5.41) is 2.25. The van der Waals surface area contributed by atoms with E-state index in [4.69, 9.17) is 5.84 Å². The molecule has 20 heavy (non-hydrogen) atoms. The van der Waals surface area contributed by atoms with Crippen LogP contribution in [0.3, 0.4) is 0 Å². The first-order chi connectivity index (χ1) is 9.81. The van der Waals surface area contributed by atoms with Crippen LogP contribution in [0.15, 0.2) is 55.0 Å². The number of nitrogens with two attached hydrogens (primary N) is 1. The molecule has 0 saturated heterocycles. The maximum absolute atomic E-state index is 5.78. The monoisotopic (exact) mass is 264 g/mol. The summed E-state index contributed by atoms with van der Waals surface area (Å²) >= 11 is 0. The average Bonchev–Trinajstić information content (AvgIpc) is 2.50. The summed E-state index contributed by atoms with van der Waals surface area (Å²) in [5.41, 5.74) is 5.96. The van der Waals surface area contributed by atoms with Crippen molar-refractivity contribution >= 4 is 10.8 Å². The van der Waals surface area contributed by atoms with Crippen molar-refractivity contribution in [1.82, 2.24) is 15.4 Å². The van der Waals surface area contributed by atoms with Crippen molar-refractivity contribution in [3.05, 3.63) is 71.8 Å². The molecule has 4 heteroatoms. The van der Waals surface area contributed by atoms with E-state index in [-0.39, 0.29) is 6.04 Å². The van der Waals surface area contributed by atoms with E-state index in [1.165, 1.54) is 0 Å². The summed E-state index contributed by atoms with van der Waals surface area (Å²) in [7, 11) is 0. The first-order valence-electron chi connectivity index (χ1n) is 6.51. The molecule has 3 N–H and O–H groups in total. The molecule has 100 valence electrons. The molecule has 0 bridgehead atoms. The molecular formula is C16H16N4. The summed E-state index contributed by atoms with van der Waals surface area (Å²) in [6, 6.07) is 12.0. The summed E-state index contributed by atoms with van der Waals surface area (Å²) in [6.45, 7) is 2.05. The van der Waals surface area contributed by atoms with Crippen LogP contribution >= 0.6 is 0 Å². The molecule has 2 aromatic heterocycles. The van der Waals surface area contributed by atoms with Gasteiger partial charge in [-0.2, -0.15) is 0 Å². The molecular weight excluding hydrogens is 248 g/mol. The largest absolute Gasteiger partial charge is 0.271 e. The number of rotatable bonds is 3. The molecule has 0 radical (unpaired) electrons. The lowest BCUT2D eigenvalue weighted by Gasteiger charge is -2.19. The van der Waals surface area contributed by atoms with Gasteiger partial charge in [-0.25, -0.2) is 5.43 Å². The molecule has 0 aliphatic carbocycles. The van der Waals surface area contributed by atoms with E-state index in [9.17, 15) is 0 Å². The summed E-state index contributed by atoms with van der Waals surface area (Å²) < 4.78 is 0. The second-order valence-electron chi connectivity index (χ2n) is 4.75. The fraction of sp³-hybridized carbons (Fsp3) is 0.125. The van der Waals surface area contributed by atoms with Gasteiger partial charge >= 0.3 is 0 Å². The third kappa shape index (κ3) is 2.15. The highest BCUT2D eigenvalue weighted by atomic mass is 15.2. The zero-order valence-corrected chi connectivity index (χ0v) is 11.2. The minimum Gasteiger partial charge on any atom is -0.271 e. The van der Waals surface area contributed by atoms with Gasteiger partial charge in [0.1, 0.15) is 0 Å². The number of hydrazine groups is 1. The Bertz CT molecular complexity index is 734. The Hall–Kier alpha value is -2.30. The molecule has 4 nitrogen and oxygen atoms in total. The van der Waals surface area contributed by atoms with Crippen LogP contribution in [-0.4, -0.2) is 9.97 Å². The molecule has 0 saturated carbocycles. The SMILES string of the molecule is Cc1ccncc1C(NN)c1nccc2ccccc12. The second-order valence-corrected chi connectivity index (χ2v) is 4.75. The lowest BCUT2D eigenvalue weighted by atomic mass is 9.97. The van der Waals surface area contributed by atoms with Crippen molar-refractivity contribution < 1.29 is 0 Å². The lowest BCUT2D eigenvalue weighted by Crippen LogP contribution is -2.30. The van der Waals surface area contributed by atoms with Gasteiger partial charge in [0, 0.05) is 24.0 Å². The average molecular weight is 264 g/mol. The Labute approximate surface area is 117 Å². The minimum absolute atomic E-state index is 0.171. The summed E-state index contributed by atoms with van der Waals surface area (Å²) in [4.78, 5) is 8.72. The van der Waals surface area contributed by atoms with Gasteiger partial charge < -0.3 is 0 Å². The van der Waals surface area contributed by atoms with Gasteiger partial charge in [0.2, 0.25) is 0 Å². The highest BCUT2D eigenvalue weighted by molar-refractivity contribution is 5.85. The van der Waals surface area contributed by atoms with Gasteiger partial charge in [-0.1, -0.05) is 24.3 Å². The molecule has 0 spiro atoms. The molecule has 1 atom stereocenters. The molecule has 2 heterocycles. The fourth-order valence-corrected chi connectivity index (χ4v) is 2.47. The maximum atomic E-state index is 5.78. The van der Waals surface area contributed by atoms with Crippen LogP contribution in [-0.2, 0) is 0 Å². The van der Waals surface area contributed by atoms with Gasteiger partial charge in [0.05, 0.1) is 11.7 Å². The molecule has 3 aromatic rings. The van der Waals surface area contributed by atoms with Crippen molar-refractivity contribution in [3.8, 4) is 0 Å². The third-order valence-corrected chi connectivity index (χ3v) is 3.54. The zero-order valence-electron chi connectivity index (χ0n) is 11.2. The molecule has 0 aliphatic rings. The molecule has 0 amide bonds. The molecule has 1 aromatic carbocycles. The van der Waals surface area contributed by atoms with Crippen LogP contribution in [0.1, 0.15) is 22.9 Å². The number of fused-ring (bicyclic) bond motifs is 1. The van der Waals surface area contributed by atoms with E-state index in [1.807, 2.05) is 43.6 Å². The van der Waals surface area contributed by atoms with Crippen molar-refractivity contribution in [2.45, 2.75) is 13.0 Å². The Morgan fingerprint density at radius 3 is 2.75 bits per heavy atom. The first-order valence-corrected chi connectivity index (χ1v) is 6.51. The van der Waals surface area contributed by atoms with Crippen LogP contribution in [0, 0.1) is 6.92 Å². The van der Waals surface area contributed by atoms with E-state index in [1.54, 1.807) is 6.20 Å². The Morgan fingerprint density at radius 1 is 1.10 bits per heavy atom. The first kappa shape index (κ1) is 12.7. The van der Waals surface area contributed by atoms with Crippen molar-refractivity contribution in [2.75, 3.05) is 0 Å². The summed E-state index contributed by atoms with van der Waals surface area (Å²) in [5.74, 6) is 5.78. The smallest absolute Gasteiger partial charge is 0.0905 e. The standard InChI is InChI=1S/C16H16N4/c1-11-6-8-18-10-14(11)16(20-17)15-13-5-3-2-4-12(13)7-9-19-15/h2-10,16,20H,17H2,1H3. The van der Waals surface area contributed by atoms with E-state index >= 15 is 0 Å². The number of aryl methyl sites for hydroxylation is 1. The number of aromatic nitrogens is 2. The maximum Gasteiger partial charge on any atom is 0.0905 e. The van der Waals surface area contributed by atoms with Crippen molar-refractivity contribution in [2.24, 2.45) is 5.84 Å². The Kier molecular flexibility index (Phi) is 3.41. The summed E-state index contributed by atoms with van der Waals surface area (Å²) in [6.07, 6.45) is 5.43. The minimum atomic E-state index is -0.171. The Balaban J connectivity index is 2.20. The van der Waals surface area contributed by atoms with E-state index in [0.717, 1.165) is 27.6 Å².